The van der Waals surface area contributed by atoms with Gasteiger partial charge in [-0.3, -0.25) is 9.59 Å². The predicted octanol–water partition coefficient (Wildman–Crippen LogP) is 1.96. The van der Waals surface area contributed by atoms with Crippen LogP contribution in [0.1, 0.15) is 19.1 Å². The number of nitrogens with one attached hydrogen (secondary N) is 1. The second-order valence-electron chi connectivity index (χ2n) is 5.62. The van der Waals surface area contributed by atoms with Gasteiger partial charge in [0.2, 0.25) is 11.8 Å². The number of nitrogens with zero attached hydrogens (tertiary/aromatic N) is 1. The number of furan rings is 1. The Balaban J connectivity index is 1.50. The highest BCUT2D eigenvalue weighted by atomic mass is 16.3. The molecule has 1 aromatic carbocycles. The van der Waals surface area contributed by atoms with Crippen LogP contribution in [-0.4, -0.2) is 36.3 Å². The van der Waals surface area contributed by atoms with Crippen LogP contribution in [0, 0.1) is 5.92 Å². The number of carbonyl (C=O) groups excluding carboxylic acids is 2. The maximum atomic E-state index is 12.1. The number of para-hydroxylation sites is 1. The molecule has 3 rings (SSSR count). The second kappa shape index (κ2) is 6.22. The molecule has 1 saturated heterocycles. The molecular weight excluding hydrogens is 280 g/mol. The number of amides is 2. The Hall–Kier alpha value is -2.30. The Bertz CT molecular complexity index is 659. The standard InChI is InChI=1S/C17H20N2O3/c1-2-19-11-13(10-16(19)20)17(21)18-8-7-14-9-12-5-3-4-6-15(12)22-14/h3-6,9,13H,2,7-8,10-11H2,1H3,(H,18,21)/t13-/m0/s1. The van der Waals surface area contributed by atoms with E-state index in [1.807, 2.05) is 37.3 Å². The number of benzene rings is 1. The molecule has 1 N–H and O–H groups in total. The van der Waals surface area contributed by atoms with Crippen molar-refractivity contribution in [2.45, 2.75) is 19.8 Å². The van der Waals surface area contributed by atoms with E-state index in [-0.39, 0.29) is 17.7 Å². The molecule has 0 bridgehead atoms. The normalized spacial score (nSPS) is 18.1. The van der Waals surface area contributed by atoms with Crippen LogP contribution in [-0.2, 0) is 16.0 Å². The maximum absolute atomic E-state index is 12.1. The summed E-state index contributed by atoms with van der Waals surface area (Å²) in [6.07, 6.45) is 0.975. The minimum atomic E-state index is -0.219. The molecule has 0 aliphatic carbocycles. The molecular formula is C17H20N2O3. The van der Waals surface area contributed by atoms with Gasteiger partial charge in [0, 0.05) is 37.9 Å². The second-order valence-corrected chi connectivity index (χ2v) is 5.62. The SMILES string of the molecule is CCN1C[C@@H](C(=O)NCCc2cc3ccccc3o2)CC1=O. The van der Waals surface area contributed by atoms with Crippen molar-refractivity contribution in [1.82, 2.24) is 10.2 Å². The van der Waals surface area contributed by atoms with E-state index in [4.69, 9.17) is 4.42 Å². The van der Waals surface area contributed by atoms with Gasteiger partial charge in [-0.1, -0.05) is 18.2 Å². The molecule has 1 fully saturated rings. The van der Waals surface area contributed by atoms with Crippen molar-refractivity contribution in [3.63, 3.8) is 0 Å². The van der Waals surface area contributed by atoms with E-state index in [2.05, 4.69) is 5.32 Å². The van der Waals surface area contributed by atoms with Crippen LogP contribution in [0.5, 0.6) is 0 Å². The van der Waals surface area contributed by atoms with Gasteiger partial charge in [-0.2, -0.15) is 0 Å². The molecule has 116 valence electrons. The van der Waals surface area contributed by atoms with Crippen molar-refractivity contribution in [1.29, 1.82) is 0 Å². The van der Waals surface area contributed by atoms with Gasteiger partial charge in [0.05, 0.1) is 5.92 Å². The molecule has 1 aromatic heterocycles. The fraction of sp³-hybridized carbons (Fsp3) is 0.412. The highest BCUT2D eigenvalue weighted by molar-refractivity contribution is 5.89. The Kier molecular flexibility index (Phi) is 4.13. The molecule has 2 heterocycles. The Morgan fingerprint density at radius 1 is 1.41 bits per heavy atom. The van der Waals surface area contributed by atoms with E-state index in [9.17, 15) is 9.59 Å². The number of carbonyl (C=O) groups is 2. The molecule has 1 aliphatic rings. The van der Waals surface area contributed by atoms with E-state index in [0.29, 0.717) is 32.5 Å². The number of rotatable bonds is 5. The average Bonchev–Trinajstić information content (AvgIpc) is 3.09. The quantitative estimate of drug-likeness (QED) is 0.918. The van der Waals surface area contributed by atoms with E-state index >= 15 is 0 Å². The molecule has 22 heavy (non-hydrogen) atoms. The summed E-state index contributed by atoms with van der Waals surface area (Å²) < 4.78 is 5.71. The minimum absolute atomic E-state index is 0.0413. The first-order chi connectivity index (χ1) is 10.7. The first kappa shape index (κ1) is 14.6. The Morgan fingerprint density at radius 2 is 2.23 bits per heavy atom. The average molecular weight is 300 g/mol. The van der Waals surface area contributed by atoms with Crippen LogP contribution in [0.15, 0.2) is 34.7 Å². The molecule has 0 saturated carbocycles. The third kappa shape index (κ3) is 2.98. The highest BCUT2D eigenvalue weighted by Crippen LogP contribution is 2.19. The summed E-state index contributed by atoms with van der Waals surface area (Å²) in [4.78, 5) is 25.5. The smallest absolute Gasteiger partial charge is 0.225 e. The van der Waals surface area contributed by atoms with Crippen LogP contribution in [0.2, 0.25) is 0 Å². The van der Waals surface area contributed by atoms with Gasteiger partial charge < -0.3 is 14.6 Å². The van der Waals surface area contributed by atoms with Gasteiger partial charge in [-0.15, -0.1) is 0 Å². The highest BCUT2D eigenvalue weighted by Gasteiger charge is 2.33. The molecule has 2 amide bonds. The summed E-state index contributed by atoms with van der Waals surface area (Å²) in [7, 11) is 0. The van der Waals surface area contributed by atoms with E-state index in [1.165, 1.54) is 0 Å². The molecule has 5 nitrogen and oxygen atoms in total. The zero-order valence-corrected chi connectivity index (χ0v) is 12.7. The van der Waals surface area contributed by atoms with Crippen LogP contribution in [0.3, 0.4) is 0 Å². The van der Waals surface area contributed by atoms with Crippen LogP contribution >= 0.6 is 0 Å². The van der Waals surface area contributed by atoms with Crippen molar-refractivity contribution >= 4 is 22.8 Å². The fourth-order valence-electron chi connectivity index (χ4n) is 2.87. The molecule has 1 aliphatic heterocycles. The molecule has 1 atom stereocenters. The van der Waals surface area contributed by atoms with Gasteiger partial charge in [-0.25, -0.2) is 0 Å². The summed E-state index contributed by atoms with van der Waals surface area (Å²) in [6, 6.07) is 9.85. The van der Waals surface area contributed by atoms with Gasteiger partial charge in [0.15, 0.2) is 0 Å². The summed E-state index contributed by atoms with van der Waals surface area (Å²) in [5.41, 5.74) is 0.865. The van der Waals surface area contributed by atoms with Crippen molar-refractivity contribution in [3.8, 4) is 0 Å². The third-order valence-electron chi connectivity index (χ3n) is 4.11. The lowest BCUT2D eigenvalue weighted by Crippen LogP contribution is -2.34. The minimum Gasteiger partial charge on any atom is -0.461 e. The zero-order valence-electron chi connectivity index (χ0n) is 12.7. The van der Waals surface area contributed by atoms with E-state index in [0.717, 1.165) is 16.7 Å². The third-order valence-corrected chi connectivity index (χ3v) is 4.11. The summed E-state index contributed by atoms with van der Waals surface area (Å²) >= 11 is 0. The predicted molar refractivity (Wildman–Crippen MR) is 83.3 cm³/mol. The largest absolute Gasteiger partial charge is 0.461 e. The van der Waals surface area contributed by atoms with Crippen LogP contribution < -0.4 is 5.32 Å². The molecule has 2 aromatic rings. The molecule has 5 heteroatoms. The molecule has 0 radical (unpaired) electrons. The summed E-state index contributed by atoms with van der Waals surface area (Å²) in [5.74, 6) is 0.669. The number of hydrogen-bond donors (Lipinski definition) is 1. The Morgan fingerprint density at radius 3 is 2.95 bits per heavy atom. The monoisotopic (exact) mass is 300 g/mol. The van der Waals surface area contributed by atoms with E-state index in [1.54, 1.807) is 4.90 Å². The molecule has 0 unspecified atom stereocenters. The number of fused-ring (bicyclic) bond motifs is 1. The van der Waals surface area contributed by atoms with Crippen molar-refractivity contribution in [2.75, 3.05) is 19.6 Å². The summed E-state index contributed by atoms with van der Waals surface area (Å²) in [5, 5.41) is 3.98. The Labute approximate surface area is 129 Å². The van der Waals surface area contributed by atoms with Gasteiger partial charge >= 0.3 is 0 Å². The maximum Gasteiger partial charge on any atom is 0.225 e. The van der Waals surface area contributed by atoms with Crippen LogP contribution in [0.4, 0.5) is 0 Å². The topological polar surface area (TPSA) is 62.6 Å². The molecule has 0 spiro atoms. The van der Waals surface area contributed by atoms with Gasteiger partial charge in [0.25, 0.3) is 0 Å². The van der Waals surface area contributed by atoms with Crippen molar-refractivity contribution in [3.05, 3.63) is 36.1 Å². The number of hydrogen-bond acceptors (Lipinski definition) is 3. The zero-order chi connectivity index (χ0) is 15.5. The van der Waals surface area contributed by atoms with Gasteiger partial charge in [0.1, 0.15) is 11.3 Å². The summed E-state index contributed by atoms with van der Waals surface area (Å²) in [6.45, 7) is 3.66. The van der Waals surface area contributed by atoms with E-state index < -0.39 is 0 Å². The van der Waals surface area contributed by atoms with Crippen molar-refractivity contribution < 1.29 is 14.0 Å². The number of likely N-dealkylation sites (tertiary alicyclic amines) is 1. The first-order valence-corrected chi connectivity index (χ1v) is 7.70. The fourth-order valence-corrected chi connectivity index (χ4v) is 2.87. The van der Waals surface area contributed by atoms with Crippen LogP contribution in [0.25, 0.3) is 11.0 Å². The lowest BCUT2D eigenvalue weighted by atomic mass is 10.1. The lowest BCUT2D eigenvalue weighted by Gasteiger charge is -2.13. The van der Waals surface area contributed by atoms with Gasteiger partial charge in [-0.05, 0) is 19.1 Å². The first-order valence-electron chi connectivity index (χ1n) is 7.70. The lowest BCUT2D eigenvalue weighted by molar-refractivity contribution is -0.128. The van der Waals surface area contributed by atoms with Crippen molar-refractivity contribution in [2.24, 2.45) is 5.92 Å².